The van der Waals surface area contributed by atoms with Gasteiger partial charge in [-0.15, -0.1) is 0 Å². The first-order chi connectivity index (χ1) is 8.24. The summed E-state index contributed by atoms with van der Waals surface area (Å²) >= 11 is 0. The van der Waals surface area contributed by atoms with Crippen LogP contribution in [-0.2, 0) is 20.4 Å². The van der Waals surface area contributed by atoms with Crippen molar-refractivity contribution >= 4 is 15.7 Å². The Morgan fingerprint density at radius 1 is 1.17 bits per heavy atom. The number of hydrogen-bond donors (Lipinski definition) is 1. The molecule has 2 N–H and O–H groups in total. The van der Waals surface area contributed by atoms with Gasteiger partial charge in [-0.2, -0.15) is 0 Å². The number of benzene rings is 1. The Balaban J connectivity index is 2.88. The van der Waals surface area contributed by atoms with Gasteiger partial charge in [0.25, 0.3) is 0 Å². The second-order valence-corrected chi connectivity index (χ2v) is 7.07. The van der Waals surface area contributed by atoms with Crippen LogP contribution in [0.3, 0.4) is 0 Å². The third-order valence-corrected chi connectivity index (χ3v) is 5.00. The second kappa shape index (κ2) is 5.52. The molecule has 0 aromatic heterocycles. The lowest BCUT2D eigenvalue weighted by Crippen LogP contribution is -2.33. The molecule has 0 aliphatic heterocycles. The van der Waals surface area contributed by atoms with Crippen molar-refractivity contribution in [1.29, 1.82) is 0 Å². The first-order valence-corrected chi connectivity index (χ1v) is 7.55. The minimum absolute atomic E-state index is 0.157. The summed E-state index contributed by atoms with van der Waals surface area (Å²) in [6, 6.07) is 7.37. The van der Waals surface area contributed by atoms with Crippen molar-refractivity contribution in [2.45, 2.75) is 37.7 Å². The summed E-state index contributed by atoms with van der Waals surface area (Å²) < 4.78 is 23.7. The van der Waals surface area contributed by atoms with Crippen LogP contribution in [0.2, 0.25) is 0 Å². The summed E-state index contributed by atoms with van der Waals surface area (Å²) in [5.74, 6) is -0.566. The van der Waals surface area contributed by atoms with Gasteiger partial charge < -0.3 is 5.73 Å². The van der Waals surface area contributed by atoms with Crippen molar-refractivity contribution in [3.63, 3.8) is 0 Å². The predicted octanol–water partition coefficient (Wildman–Crippen LogP) is 1.60. The zero-order valence-corrected chi connectivity index (χ0v) is 11.7. The molecule has 1 amide bonds. The van der Waals surface area contributed by atoms with Gasteiger partial charge in [0, 0.05) is 0 Å². The third-order valence-electron chi connectivity index (χ3n) is 2.95. The summed E-state index contributed by atoms with van der Waals surface area (Å²) in [6.45, 7) is 5.46. The third kappa shape index (κ3) is 3.57. The summed E-state index contributed by atoms with van der Waals surface area (Å²) in [5.41, 5.74) is 6.85. The van der Waals surface area contributed by atoms with Crippen molar-refractivity contribution in [2.24, 2.45) is 5.73 Å². The van der Waals surface area contributed by atoms with Crippen molar-refractivity contribution < 1.29 is 13.2 Å². The zero-order chi connectivity index (χ0) is 13.9. The molecule has 0 aliphatic rings. The van der Waals surface area contributed by atoms with E-state index in [9.17, 15) is 13.2 Å². The van der Waals surface area contributed by atoms with Crippen LogP contribution in [0.25, 0.3) is 0 Å². The summed E-state index contributed by atoms with van der Waals surface area (Å²) in [6.07, 6.45) is 0. The molecule has 1 rings (SSSR count). The standard InChI is InChI=1S/C13H19NO3S/c1-9(2)12-6-4-11(5-7-12)8-18(16,17)10(3)13(14)15/h4-7,9-10H,8H2,1-3H3,(H2,14,15). The highest BCUT2D eigenvalue weighted by Crippen LogP contribution is 2.17. The molecule has 0 fully saturated rings. The maximum Gasteiger partial charge on any atom is 0.235 e. The van der Waals surface area contributed by atoms with Crippen molar-refractivity contribution in [3.8, 4) is 0 Å². The van der Waals surface area contributed by atoms with Crippen molar-refractivity contribution in [2.75, 3.05) is 0 Å². The maximum absolute atomic E-state index is 11.9. The lowest BCUT2D eigenvalue weighted by atomic mass is 10.0. The van der Waals surface area contributed by atoms with Gasteiger partial charge in [-0.05, 0) is 24.0 Å². The first-order valence-electron chi connectivity index (χ1n) is 5.83. The van der Waals surface area contributed by atoms with E-state index in [-0.39, 0.29) is 5.75 Å². The van der Waals surface area contributed by atoms with Crippen LogP contribution in [0, 0.1) is 0 Å². The van der Waals surface area contributed by atoms with Crippen LogP contribution in [-0.4, -0.2) is 19.6 Å². The van der Waals surface area contributed by atoms with E-state index in [1.807, 2.05) is 12.1 Å². The molecule has 4 nitrogen and oxygen atoms in total. The van der Waals surface area contributed by atoms with Gasteiger partial charge >= 0.3 is 0 Å². The number of sulfone groups is 1. The van der Waals surface area contributed by atoms with E-state index >= 15 is 0 Å². The highest BCUT2D eigenvalue weighted by Gasteiger charge is 2.25. The number of nitrogens with two attached hydrogens (primary N) is 1. The minimum atomic E-state index is -3.52. The lowest BCUT2D eigenvalue weighted by molar-refractivity contribution is -0.117. The van der Waals surface area contributed by atoms with Gasteiger partial charge in [0.2, 0.25) is 5.91 Å². The van der Waals surface area contributed by atoms with Gasteiger partial charge in [0.05, 0.1) is 5.75 Å². The van der Waals surface area contributed by atoms with E-state index in [0.29, 0.717) is 11.5 Å². The Morgan fingerprint density at radius 2 is 1.67 bits per heavy atom. The van der Waals surface area contributed by atoms with Crippen LogP contribution in [0.4, 0.5) is 0 Å². The molecule has 0 bridgehead atoms. The van der Waals surface area contributed by atoms with Crippen LogP contribution < -0.4 is 5.73 Å². The Morgan fingerprint density at radius 3 is 2.06 bits per heavy atom. The number of primary amides is 1. The van der Waals surface area contributed by atoms with E-state index in [1.54, 1.807) is 12.1 Å². The molecule has 18 heavy (non-hydrogen) atoms. The van der Waals surface area contributed by atoms with Gasteiger partial charge in [-0.1, -0.05) is 38.1 Å². The van der Waals surface area contributed by atoms with Gasteiger partial charge in [-0.25, -0.2) is 8.42 Å². The largest absolute Gasteiger partial charge is 0.369 e. The Labute approximate surface area is 108 Å². The molecule has 5 heteroatoms. The van der Waals surface area contributed by atoms with E-state index in [4.69, 9.17) is 5.73 Å². The monoisotopic (exact) mass is 269 g/mol. The molecule has 0 aliphatic carbocycles. The average molecular weight is 269 g/mol. The molecule has 0 saturated heterocycles. The normalized spacial score (nSPS) is 13.6. The van der Waals surface area contributed by atoms with Gasteiger partial charge in [-0.3, -0.25) is 4.79 Å². The molecule has 0 spiro atoms. The van der Waals surface area contributed by atoms with E-state index in [2.05, 4.69) is 13.8 Å². The highest BCUT2D eigenvalue weighted by molar-refractivity contribution is 7.92. The second-order valence-electron chi connectivity index (χ2n) is 4.75. The Hall–Kier alpha value is -1.36. The summed E-state index contributed by atoms with van der Waals surface area (Å²) in [4.78, 5) is 10.9. The van der Waals surface area contributed by atoms with Crippen LogP contribution in [0.15, 0.2) is 24.3 Å². The van der Waals surface area contributed by atoms with Crippen molar-refractivity contribution in [3.05, 3.63) is 35.4 Å². The minimum Gasteiger partial charge on any atom is -0.369 e. The predicted molar refractivity (Wildman–Crippen MR) is 71.8 cm³/mol. The van der Waals surface area contributed by atoms with E-state index in [0.717, 1.165) is 5.56 Å². The lowest BCUT2D eigenvalue weighted by Gasteiger charge is -2.10. The van der Waals surface area contributed by atoms with E-state index < -0.39 is 21.0 Å². The smallest absolute Gasteiger partial charge is 0.235 e. The first kappa shape index (κ1) is 14.7. The molecule has 1 aromatic rings. The Kier molecular flexibility index (Phi) is 4.51. The quantitative estimate of drug-likeness (QED) is 0.882. The molecule has 0 radical (unpaired) electrons. The fourth-order valence-electron chi connectivity index (χ4n) is 1.53. The molecule has 100 valence electrons. The zero-order valence-electron chi connectivity index (χ0n) is 10.9. The number of carbonyl (C=O) groups is 1. The SMILES string of the molecule is CC(C)c1ccc(CS(=O)(=O)C(C)C(N)=O)cc1. The topological polar surface area (TPSA) is 77.2 Å². The number of amides is 1. The molecule has 0 saturated carbocycles. The average Bonchev–Trinajstić information content (AvgIpc) is 2.28. The highest BCUT2D eigenvalue weighted by atomic mass is 32.2. The van der Waals surface area contributed by atoms with Gasteiger partial charge in [0.1, 0.15) is 5.25 Å². The number of carbonyl (C=O) groups excluding carboxylic acids is 1. The summed E-state index contributed by atoms with van der Waals surface area (Å²) in [7, 11) is -3.52. The molecular weight excluding hydrogens is 250 g/mol. The van der Waals surface area contributed by atoms with Crippen LogP contribution >= 0.6 is 0 Å². The molecular formula is C13H19NO3S. The number of hydrogen-bond acceptors (Lipinski definition) is 3. The van der Waals surface area contributed by atoms with Crippen LogP contribution in [0.5, 0.6) is 0 Å². The molecule has 0 heterocycles. The molecule has 1 atom stereocenters. The van der Waals surface area contributed by atoms with E-state index in [1.165, 1.54) is 6.92 Å². The summed E-state index contributed by atoms with van der Waals surface area (Å²) in [5, 5.41) is -1.15. The molecule has 1 unspecified atom stereocenters. The number of rotatable bonds is 5. The fourth-order valence-corrected chi connectivity index (χ4v) is 2.79. The molecule has 1 aromatic carbocycles. The van der Waals surface area contributed by atoms with Gasteiger partial charge in [0.15, 0.2) is 9.84 Å². The van der Waals surface area contributed by atoms with Crippen molar-refractivity contribution in [1.82, 2.24) is 0 Å². The Bertz CT molecular complexity index is 518. The maximum atomic E-state index is 11.9. The van der Waals surface area contributed by atoms with Crippen LogP contribution in [0.1, 0.15) is 37.8 Å². The fraction of sp³-hybridized carbons (Fsp3) is 0.462.